The molecular weight excluding hydrogens is 208 g/mol. The summed E-state index contributed by atoms with van der Waals surface area (Å²) < 4.78 is 4.92. The van der Waals surface area contributed by atoms with Crippen molar-refractivity contribution in [2.24, 2.45) is 0 Å². The Kier molecular flexibility index (Phi) is 1.86. The van der Waals surface area contributed by atoms with Gasteiger partial charge in [-0.3, -0.25) is 0 Å². The zero-order valence-corrected chi connectivity index (χ0v) is 7.58. The van der Waals surface area contributed by atoms with Gasteiger partial charge in [0.05, 0.1) is 11.3 Å². The van der Waals surface area contributed by atoms with Crippen LogP contribution in [0.1, 0.15) is 10.4 Å². The van der Waals surface area contributed by atoms with Gasteiger partial charge >= 0.3 is 5.97 Å². The molecule has 0 saturated carbocycles. The van der Waals surface area contributed by atoms with Gasteiger partial charge < -0.3 is 14.6 Å². The number of benzene rings is 1. The molecule has 0 saturated heterocycles. The predicted molar refractivity (Wildman–Crippen MR) is 49.8 cm³/mol. The molecule has 5 heteroatoms. The Morgan fingerprint density at radius 2 is 2.21 bits per heavy atom. The van der Waals surface area contributed by atoms with Gasteiger partial charge in [0.15, 0.2) is 11.3 Å². The highest BCUT2D eigenvalue weighted by Gasteiger charge is 2.17. The van der Waals surface area contributed by atoms with Gasteiger partial charge in [0.25, 0.3) is 0 Å². The first-order valence-electron chi connectivity index (χ1n) is 3.73. The van der Waals surface area contributed by atoms with Crippen LogP contribution in [0.3, 0.4) is 0 Å². The van der Waals surface area contributed by atoms with E-state index in [2.05, 4.69) is 0 Å². The number of furan rings is 1. The number of halogens is 1. The second kappa shape index (κ2) is 2.92. The average Bonchev–Trinajstić information content (AvgIpc) is 2.59. The number of phenols is 1. The Bertz CT molecular complexity index is 515. The fraction of sp³-hybridized carbons (Fsp3) is 0. The van der Waals surface area contributed by atoms with Crippen LogP contribution < -0.4 is 0 Å². The number of fused-ring (bicyclic) bond motifs is 1. The van der Waals surface area contributed by atoms with E-state index in [1.165, 1.54) is 12.3 Å². The maximum atomic E-state index is 10.7. The zero-order chi connectivity index (χ0) is 10.3. The van der Waals surface area contributed by atoms with Gasteiger partial charge in [-0.1, -0.05) is 11.6 Å². The summed E-state index contributed by atoms with van der Waals surface area (Å²) in [7, 11) is 0. The number of rotatable bonds is 1. The van der Waals surface area contributed by atoms with Crippen molar-refractivity contribution in [3.05, 3.63) is 29.0 Å². The highest BCUT2D eigenvalue weighted by molar-refractivity contribution is 6.36. The SMILES string of the molecule is O=C(O)c1cc(Cl)c2ccoc2c1O. The lowest BCUT2D eigenvalue weighted by atomic mass is 10.1. The predicted octanol–water partition coefficient (Wildman–Crippen LogP) is 2.49. The number of carbonyl (C=O) groups is 1. The van der Waals surface area contributed by atoms with Crippen LogP contribution >= 0.6 is 11.6 Å². The van der Waals surface area contributed by atoms with Crippen molar-refractivity contribution in [1.82, 2.24) is 0 Å². The first-order valence-corrected chi connectivity index (χ1v) is 4.11. The van der Waals surface area contributed by atoms with E-state index >= 15 is 0 Å². The molecule has 2 aromatic rings. The fourth-order valence-corrected chi connectivity index (χ4v) is 1.50. The number of aromatic hydroxyl groups is 1. The number of carboxylic acids is 1. The van der Waals surface area contributed by atoms with Crippen molar-refractivity contribution in [2.45, 2.75) is 0 Å². The summed E-state index contributed by atoms with van der Waals surface area (Å²) in [5.74, 6) is -1.65. The molecule has 0 spiro atoms. The van der Waals surface area contributed by atoms with Crippen LogP contribution in [0.2, 0.25) is 5.02 Å². The van der Waals surface area contributed by atoms with Crippen molar-refractivity contribution in [1.29, 1.82) is 0 Å². The maximum Gasteiger partial charge on any atom is 0.339 e. The van der Waals surface area contributed by atoms with Crippen molar-refractivity contribution in [3.8, 4) is 5.75 Å². The monoisotopic (exact) mass is 212 g/mol. The molecule has 1 aromatic heterocycles. The minimum absolute atomic E-state index is 0.0925. The summed E-state index contributed by atoms with van der Waals surface area (Å²) in [5, 5.41) is 19.0. The standard InChI is InChI=1S/C9H5ClO4/c10-6-3-5(9(12)13)7(11)8-4(6)1-2-14-8/h1-3,11H,(H,12,13). The fourth-order valence-electron chi connectivity index (χ4n) is 1.24. The molecule has 1 heterocycles. The second-order valence-electron chi connectivity index (χ2n) is 2.72. The molecule has 0 atom stereocenters. The highest BCUT2D eigenvalue weighted by Crippen LogP contribution is 2.34. The van der Waals surface area contributed by atoms with E-state index < -0.39 is 11.7 Å². The van der Waals surface area contributed by atoms with Crippen LogP contribution in [-0.4, -0.2) is 16.2 Å². The summed E-state index contributed by atoms with van der Waals surface area (Å²) in [4.78, 5) is 10.7. The molecule has 72 valence electrons. The largest absolute Gasteiger partial charge is 0.504 e. The molecule has 0 amide bonds. The lowest BCUT2D eigenvalue weighted by Crippen LogP contribution is -1.96. The van der Waals surface area contributed by atoms with Gasteiger partial charge in [-0.2, -0.15) is 0 Å². The molecule has 0 aliphatic carbocycles. The van der Waals surface area contributed by atoms with Gasteiger partial charge in [-0.15, -0.1) is 0 Å². The quantitative estimate of drug-likeness (QED) is 0.762. The Morgan fingerprint density at radius 1 is 1.50 bits per heavy atom. The van der Waals surface area contributed by atoms with Crippen LogP contribution in [0.5, 0.6) is 5.75 Å². The summed E-state index contributed by atoms with van der Waals surface area (Å²) in [5.41, 5.74) is -0.174. The molecule has 1 aromatic carbocycles. The van der Waals surface area contributed by atoms with E-state index in [-0.39, 0.29) is 16.2 Å². The van der Waals surface area contributed by atoms with Crippen LogP contribution in [0.25, 0.3) is 11.0 Å². The molecule has 2 N–H and O–H groups in total. The molecule has 0 bridgehead atoms. The minimum atomic E-state index is -1.25. The third kappa shape index (κ3) is 1.12. The Hall–Kier alpha value is -1.68. The van der Waals surface area contributed by atoms with E-state index in [9.17, 15) is 9.90 Å². The molecule has 4 nitrogen and oxygen atoms in total. The van der Waals surface area contributed by atoms with Crippen molar-refractivity contribution in [3.63, 3.8) is 0 Å². The first kappa shape index (κ1) is 8.90. The van der Waals surface area contributed by atoms with E-state index in [0.29, 0.717) is 5.39 Å². The van der Waals surface area contributed by atoms with Gasteiger partial charge in [0.2, 0.25) is 0 Å². The van der Waals surface area contributed by atoms with Gasteiger partial charge in [0, 0.05) is 5.39 Å². The van der Waals surface area contributed by atoms with Crippen LogP contribution in [0.4, 0.5) is 0 Å². The molecule has 0 aliphatic rings. The lowest BCUT2D eigenvalue weighted by Gasteiger charge is -2.01. The highest BCUT2D eigenvalue weighted by atomic mass is 35.5. The van der Waals surface area contributed by atoms with Crippen molar-refractivity contribution in [2.75, 3.05) is 0 Å². The van der Waals surface area contributed by atoms with E-state index in [0.717, 1.165) is 0 Å². The lowest BCUT2D eigenvalue weighted by molar-refractivity contribution is 0.0694. The topological polar surface area (TPSA) is 70.7 Å². The molecular formula is C9H5ClO4. The number of hydrogen-bond acceptors (Lipinski definition) is 3. The summed E-state index contributed by atoms with van der Waals surface area (Å²) in [6.45, 7) is 0. The smallest absolute Gasteiger partial charge is 0.339 e. The van der Waals surface area contributed by atoms with E-state index in [1.807, 2.05) is 0 Å². The molecule has 0 fully saturated rings. The Morgan fingerprint density at radius 3 is 2.86 bits per heavy atom. The second-order valence-corrected chi connectivity index (χ2v) is 3.13. The normalized spacial score (nSPS) is 10.6. The molecule has 0 aliphatic heterocycles. The zero-order valence-electron chi connectivity index (χ0n) is 6.82. The third-order valence-corrected chi connectivity index (χ3v) is 2.21. The molecule has 0 unspecified atom stereocenters. The van der Waals surface area contributed by atoms with Crippen molar-refractivity contribution < 1.29 is 19.4 Å². The molecule has 0 radical (unpaired) electrons. The third-order valence-electron chi connectivity index (χ3n) is 1.89. The molecule has 14 heavy (non-hydrogen) atoms. The minimum Gasteiger partial charge on any atom is -0.504 e. The van der Waals surface area contributed by atoms with Crippen LogP contribution in [-0.2, 0) is 0 Å². The van der Waals surface area contributed by atoms with E-state index in [1.54, 1.807) is 6.07 Å². The number of carboxylic acid groups (broad SMARTS) is 1. The average molecular weight is 213 g/mol. The number of aromatic carboxylic acids is 1. The van der Waals surface area contributed by atoms with Gasteiger partial charge in [0.1, 0.15) is 5.56 Å². The van der Waals surface area contributed by atoms with Gasteiger partial charge in [-0.25, -0.2) is 4.79 Å². The van der Waals surface area contributed by atoms with Crippen LogP contribution in [0, 0.1) is 0 Å². The van der Waals surface area contributed by atoms with E-state index in [4.69, 9.17) is 21.1 Å². The Labute approximate surface area is 83.3 Å². The summed E-state index contributed by atoms with van der Waals surface area (Å²) >= 11 is 5.79. The maximum absolute atomic E-state index is 10.7. The molecule has 2 rings (SSSR count). The Balaban J connectivity index is 2.88. The van der Waals surface area contributed by atoms with Crippen LogP contribution in [0.15, 0.2) is 22.8 Å². The van der Waals surface area contributed by atoms with Crippen molar-refractivity contribution >= 4 is 28.5 Å². The number of hydrogen-bond donors (Lipinski definition) is 2. The summed E-state index contributed by atoms with van der Waals surface area (Å²) in [6, 6.07) is 2.75. The first-order chi connectivity index (χ1) is 6.61. The van der Waals surface area contributed by atoms with Gasteiger partial charge in [-0.05, 0) is 12.1 Å². The summed E-state index contributed by atoms with van der Waals surface area (Å²) in [6.07, 6.45) is 1.34.